The number of hydrogen-bond acceptors (Lipinski definition) is 2. The molecule has 0 aliphatic rings. The van der Waals surface area contributed by atoms with Crippen molar-refractivity contribution in [2.45, 2.75) is 0 Å². The van der Waals surface area contributed by atoms with Crippen molar-refractivity contribution >= 4 is 15.9 Å². The van der Waals surface area contributed by atoms with E-state index in [9.17, 15) is 4.39 Å². The van der Waals surface area contributed by atoms with Gasteiger partial charge in [-0.3, -0.25) is 4.57 Å². The lowest BCUT2D eigenvalue weighted by molar-refractivity contribution is 0.414. The molecule has 0 fully saturated rings. The van der Waals surface area contributed by atoms with Gasteiger partial charge in [0.1, 0.15) is 10.4 Å². The maximum absolute atomic E-state index is 13.3. The average Bonchev–Trinajstić information content (AvgIpc) is 2.58. The molecule has 5 heteroatoms. The summed E-state index contributed by atoms with van der Waals surface area (Å²) in [6.07, 6.45) is 1.02. The fourth-order valence-corrected chi connectivity index (χ4v) is 1.61. The standard InChI is InChI=1S/C10H8BrFN2O/c1-15-8-4-2-7(3-5-8)14-6-9(11)13-10(14)12/h2-6H,1H3. The Labute approximate surface area is 94.6 Å². The first kappa shape index (κ1) is 10.2. The monoisotopic (exact) mass is 270 g/mol. The molecule has 0 saturated heterocycles. The number of imidazole rings is 1. The van der Waals surface area contributed by atoms with E-state index in [1.54, 1.807) is 37.6 Å². The van der Waals surface area contributed by atoms with Crippen LogP contribution in [0.1, 0.15) is 0 Å². The molecule has 0 radical (unpaired) electrons. The molecule has 1 aromatic heterocycles. The Bertz CT molecular complexity index is 467. The predicted molar refractivity (Wildman–Crippen MR) is 57.8 cm³/mol. The normalized spacial score (nSPS) is 10.3. The zero-order valence-corrected chi connectivity index (χ0v) is 9.53. The number of rotatable bonds is 2. The largest absolute Gasteiger partial charge is 0.497 e. The summed E-state index contributed by atoms with van der Waals surface area (Å²) >= 11 is 3.11. The molecule has 0 aliphatic heterocycles. The van der Waals surface area contributed by atoms with Gasteiger partial charge in [-0.1, -0.05) is 0 Å². The second kappa shape index (κ2) is 4.02. The van der Waals surface area contributed by atoms with Gasteiger partial charge in [-0.15, -0.1) is 0 Å². The maximum atomic E-state index is 13.3. The number of aromatic nitrogens is 2. The Morgan fingerprint density at radius 2 is 2.00 bits per heavy atom. The fourth-order valence-electron chi connectivity index (χ4n) is 1.25. The Morgan fingerprint density at radius 3 is 2.47 bits per heavy atom. The zero-order chi connectivity index (χ0) is 10.8. The van der Waals surface area contributed by atoms with Crippen LogP contribution in [-0.4, -0.2) is 16.7 Å². The van der Waals surface area contributed by atoms with E-state index < -0.39 is 6.08 Å². The molecule has 0 saturated carbocycles. The fraction of sp³-hybridized carbons (Fsp3) is 0.100. The molecule has 3 nitrogen and oxygen atoms in total. The lowest BCUT2D eigenvalue weighted by atomic mass is 10.3. The first-order chi connectivity index (χ1) is 7.20. The van der Waals surface area contributed by atoms with E-state index >= 15 is 0 Å². The molecule has 1 aromatic carbocycles. The molecule has 0 aliphatic carbocycles. The summed E-state index contributed by atoms with van der Waals surface area (Å²) in [5, 5.41) is 0. The molecule has 15 heavy (non-hydrogen) atoms. The summed E-state index contributed by atoms with van der Waals surface area (Å²) in [6, 6.07) is 7.05. The van der Waals surface area contributed by atoms with Crippen LogP contribution in [0.4, 0.5) is 4.39 Å². The minimum absolute atomic E-state index is 0.468. The summed E-state index contributed by atoms with van der Waals surface area (Å²) in [7, 11) is 1.59. The van der Waals surface area contributed by atoms with Crippen LogP contribution in [0.5, 0.6) is 5.75 Å². The highest BCUT2D eigenvalue weighted by Gasteiger charge is 2.06. The molecule has 1 heterocycles. The molecule has 0 unspecified atom stereocenters. The summed E-state index contributed by atoms with van der Waals surface area (Å²) in [6.45, 7) is 0. The van der Waals surface area contributed by atoms with E-state index in [2.05, 4.69) is 20.9 Å². The minimum atomic E-state index is -0.549. The van der Waals surface area contributed by atoms with Crippen molar-refractivity contribution in [1.29, 1.82) is 0 Å². The lowest BCUT2D eigenvalue weighted by Crippen LogP contribution is -1.96. The van der Waals surface area contributed by atoms with Gasteiger partial charge in [-0.05, 0) is 40.2 Å². The van der Waals surface area contributed by atoms with Crippen molar-refractivity contribution in [3.8, 4) is 11.4 Å². The van der Waals surface area contributed by atoms with Crippen LogP contribution in [0.25, 0.3) is 5.69 Å². The van der Waals surface area contributed by atoms with Gasteiger partial charge in [0.25, 0.3) is 6.08 Å². The molecular weight excluding hydrogens is 263 g/mol. The summed E-state index contributed by atoms with van der Waals surface area (Å²) < 4.78 is 20.1. The van der Waals surface area contributed by atoms with Gasteiger partial charge in [-0.25, -0.2) is 0 Å². The minimum Gasteiger partial charge on any atom is -0.497 e. The van der Waals surface area contributed by atoms with Gasteiger partial charge >= 0.3 is 0 Å². The van der Waals surface area contributed by atoms with Gasteiger partial charge in [0.15, 0.2) is 0 Å². The highest BCUT2D eigenvalue weighted by Crippen LogP contribution is 2.18. The molecule has 2 aromatic rings. The second-order valence-electron chi connectivity index (χ2n) is 2.90. The third-order valence-electron chi connectivity index (χ3n) is 1.98. The zero-order valence-electron chi connectivity index (χ0n) is 7.95. The molecular formula is C10H8BrFN2O. The molecule has 0 bridgehead atoms. The van der Waals surface area contributed by atoms with Crippen LogP contribution in [-0.2, 0) is 0 Å². The summed E-state index contributed by atoms with van der Waals surface area (Å²) in [5.74, 6) is 0.735. The van der Waals surface area contributed by atoms with E-state index in [1.165, 1.54) is 4.57 Å². The maximum Gasteiger partial charge on any atom is 0.294 e. The van der Waals surface area contributed by atoms with Crippen LogP contribution in [0.15, 0.2) is 35.1 Å². The van der Waals surface area contributed by atoms with Crippen LogP contribution in [0.3, 0.4) is 0 Å². The van der Waals surface area contributed by atoms with Crippen LogP contribution in [0, 0.1) is 6.08 Å². The van der Waals surface area contributed by atoms with Gasteiger partial charge < -0.3 is 4.74 Å². The molecule has 2 rings (SSSR count). The molecule has 0 spiro atoms. The summed E-state index contributed by atoms with van der Waals surface area (Å²) in [5.41, 5.74) is 0.700. The van der Waals surface area contributed by atoms with Crippen molar-refractivity contribution in [3.63, 3.8) is 0 Å². The van der Waals surface area contributed by atoms with Crippen LogP contribution >= 0.6 is 15.9 Å². The quantitative estimate of drug-likeness (QED) is 0.839. The van der Waals surface area contributed by atoms with Gasteiger partial charge in [0.2, 0.25) is 0 Å². The van der Waals surface area contributed by atoms with E-state index in [4.69, 9.17) is 4.74 Å². The smallest absolute Gasteiger partial charge is 0.294 e. The highest BCUT2D eigenvalue weighted by molar-refractivity contribution is 9.10. The number of halogens is 2. The first-order valence-corrected chi connectivity index (χ1v) is 5.05. The van der Waals surface area contributed by atoms with Gasteiger partial charge in [0.05, 0.1) is 7.11 Å². The van der Waals surface area contributed by atoms with Crippen molar-refractivity contribution in [3.05, 3.63) is 41.1 Å². The Balaban J connectivity index is 2.41. The third-order valence-corrected chi connectivity index (χ3v) is 2.37. The molecule has 78 valence electrons. The number of benzene rings is 1. The topological polar surface area (TPSA) is 27.1 Å². The average molecular weight is 271 g/mol. The van der Waals surface area contributed by atoms with Crippen molar-refractivity contribution in [2.75, 3.05) is 7.11 Å². The predicted octanol–water partition coefficient (Wildman–Crippen LogP) is 2.78. The number of nitrogens with zero attached hydrogens (tertiary/aromatic N) is 2. The number of hydrogen-bond donors (Lipinski definition) is 0. The number of methoxy groups -OCH3 is 1. The highest BCUT2D eigenvalue weighted by atomic mass is 79.9. The van der Waals surface area contributed by atoms with Crippen molar-refractivity contribution in [1.82, 2.24) is 9.55 Å². The number of ether oxygens (including phenoxy) is 1. The van der Waals surface area contributed by atoms with Gasteiger partial charge in [-0.2, -0.15) is 9.37 Å². The molecule has 0 N–H and O–H groups in total. The van der Waals surface area contributed by atoms with Crippen molar-refractivity contribution in [2.24, 2.45) is 0 Å². The first-order valence-electron chi connectivity index (χ1n) is 4.25. The Morgan fingerprint density at radius 1 is 1.33 bits per heavy atom. The van der Waals surface area contributed by atoms with E-state index in [0.29, 0.717) is 10.3 Å². The van der Waals surface area contributed by atoms with Crippen molar-refractivity contribution < 1.29 is 9.13 Å². The van der Waals surface area contributed by atoms with E-state index in [1.807, 2.05) is 0 Å². The summed E-state index contributed by atoms with van der Waals surface area (Å²) in [4.78, 5) is 3.61. The molecule has 0 atom stereocenters. The second-order valence-corrected chi connectivity index (χ2v) is 3.71. The molecule has 0 amide bonds. The Hall–Kier alpha value is -1.36. The van der Waals surface area contributed by atoms with Gasteiger partial charge in [0, 0.05) is 11.9 Å². The van der Waals surface area contributed by atoms with E-state index in [-0.39, 0.29) is 0 Å². The van der Waals surface area contributed by atoms with Crippen LogP contribution < -0.4 is 4.74 Å². The lowest BCUT2D eigenvalue weighted by Gasteiger charge is -2.03. The van der Waals surface area contributed by atoms with E-state index in [0.717, 1.165) is 5.75 Å². The third kappa shape index (κ3) is 2.02. The van der Waals surface area contributed by atoms with Crippen LogP contribution in [0.2, 0.25) is 0 Å². The SMILES string of the molecule is COc1ccc(-n2cc(Br)nc2F)cc1. The Kier molecular flexibility index (Phi) is 2.73.